The summed E-state index contributed by atoms with van der Waals surface area (Å²) in [7, 11) is 0. The Morgan fingerprint density at radius 1 is 1.44 bits per heavy atom. The normalized spacial score (nSPS) is 11.1. The van der Waals surface area contributed by atoms with Crippen molar-refractivity contribution >= 4 is 22.6 Å². The van der Waals surface area contributed by atoms with Crippen molar-refractivity contribution < 1.29 is 14.8 Å². The molecule has 0 bridgehead atoms. The summed E-state index contributed by atoms with van der Waals surface area (Å²) in [6, 6.07) is 6.42. The number of aliphatic carboxylic acids is 1. The molecule has 0 spiro atoms. The van der Waals surface area contributed by atoms with Gasteiger partial charge in [0.05, 0.1) is 10.4 Å². The molecule has 0 radical (unpaired) electrons. The third-order valence-corrected chi connectivity index (χ3v) is 2.53. The van der Waals surface area contributed by atoms with Gasteiger partial charge < -0.3 is 9.67 Å². The van der Waals surface area contributed by atoms with E-state index in [1.807, 2.05) is 6.07 Å². The van der Waals surface area contributed by atoms with Crippen LogP contribution in [0.2, 0.25) is 0 Å². The highest BCUT2D eigenvalue weighted by Crippen LogP contribution is 2.21. The number of nitro benzene ring substituents is 1. The summed E-state index contributed by atoms with van der Waals surface area (Å²) in [6.45, 7) is 0.358. The highest BCUT2D eigenvalue weighted by molar-refractivity contribution is 5.82. The highest BCUT2D eigenvalue weighted by Gasteiger charge is 2.08. The second kappa shape index (κ2) is 4.70. The number of hydrogen-bond donors (Lipinski definition) is 1. The smallest absolute Gasteiger partial charge is 0.328 e. The van der Waals surface area contributed by atoms with E-state index < -0.39 is 10.9 Å². The predicted octanol–water partition coefficient (Wildman–Crippen LogP) is 2.19. The van der Waals surface area contributed by atoms with E-state index in [0.717, 1.165) is 11.5 Å². The average molecular weight is 246 g/mol. The number of nitro groups is 1. The Morgan fingerprint density at radius 3 is 2.89 bits per heavy atom. The lowest BCUT2D eigenvalue weighted by Gasteiger charge is -2.00. The van der Waals surface area contributed by atoms with Crippen molar-refractivity contribution in [2.75, 3.05) is 0 Å². The Balaban J connectivity index is 2.36. The van der Waals surface area contributed by atoms with Crippen LogP contribution in [-0.2, 0) is 11.3 Å². The van der Waals surface area contributed by atoms with Gasteiger partial charge >= 0.3 is 5.97 Å². The number of carboxylic acid groups (broad SMARTS) is 1. The van der Waals surface area contributed by atoms with Crippen molar-refractivity contribution in [2.45, 2.75) is 6.54 Å². The largest absolute Gasteiger partial charge is 0.478 e. The molecule has 1 aromatic heterocycles. The van der Waals surface area contributed by atoms with Crippen LogP contribution in [0.1, 0.15) is 0 Å². The molecule has 0 atom stereocenters. The van der Waals surface area contributed by atoms with E-state index >= 15 is 0 Å². The maximum absolute atomic E-state index is 10.7. The van der Waals surface area contributed by atoms with Crippen LogP contribution in [0.3, 0.4) is 0 Å². The zero-order valence-electron chi connectivity index (χ0n) is 9.31. The molecule has 0 aliphatic carbocycles. The Bertz CT molecular complexity index is 643. The van der Waals surface area contributed by atoms with E-state index in [1.165, 1.54) is 18.2 Å². The first kappa shape index (κ1) is 11.8. The number of hydrogen-bond acceptors (Lipinski definition) is 3. The van der Waals surface area contributed by atoms with E-state index in [4.69, 9.17) is 5.11 Å². The molecule has 0 aliphatic rings. The van der Waals surface area contributed by atoms with Gasteiger partial charge in [0, 0.05) is 36.3 Å². The number of aromatic nitrogens is 1. The fraction of sp³-hybridized carbons (Fsp3) is 0.0833. The maximum Gasteiger partial charge on any atom is 0.328 e. The molecule has 6 nitrogen and oxygen atoms in total. The summed E-state index contributed by atoms with van der Waals surface area (Å²) in [5.41, 5.74) is 0.726. The van der Waals surface area contributed by atoms with Crippen molar-refractivity contribution in [3.63, 3.8) is 0 Å². The number of non-ortho nitro benzene ring substituents is 1. The van der Waals surface area contributed by atoms with Gasteiger partial charge in [0.25, 0.3) is 5.69 Å². The van der Waals surface area contributed by atoms with Crippen molar-refractivity contribution in [1.82, 2.24) is 4.57 Å². The number of rotatable bonds is 4. The van der Waals surface area contributed by atoms with Gasteiger partial charge in [-0.1, -0.05) is 6.08 Å². The van der Waals surface area contributed by atoms with Crippen LogP contribution in [0.25, 0.3) is 10.9 Å². The predicted molar refractivity (Wildman–Crippen MR) is 65.4 cm³/mol. The van der Waals surface area contributed by atoms with Gasteiger partial charge in [-0.3, -0.25) is 10.1 Å². The first-order chi connectivity index (χ1) is 8.58. The standard InChI is InChI=1S/C12H10N2O4/c15-12(16)2-1-6-13-7-5-9-3-4-10(14(17)18)8-11(9)13/h1-5,7-8H,6H2,(H,15,16). The van der Waals surface area contributed by atoms with Gasteiger partial charge in [-0.25, -0.2) is 4.79 Å². The number of benzene rings is 1. The van der Waals surface area contributed by atoms with Crippen LogP contribution in [0.5, 0.6) is 0 Å². The summed E-state index contributed by atoms with van der Waals surface area (Å²) >= 11 is 0. The zero-order chi connectivity index (χ0) is 13.1. The molecule has 18 heavy (non-hydrogen) atoms. The van der Waals surface area contributed by atoms with Gasteiger partial charge in [-0.05, 0) is 12.1 Å². The SMILES string of the molecule is O=C(O)C=CCn1ccc2ccc([N+](=O)[O-])cc21. The van der Waals surface area contributed by atoms with Crippen molar-refractivity contribution in [1.29, 1.82) is 0 Å². The van der Waals surface area contributed by atoms with Gasteiger partial charge in [0.15, 0.2) is 0 Å². The molecule has 1 heterocycles. The number of carboxylic acids is 1. The lowest BCUT2D eigenvalue weighted by molar-refractivity contribution is -0.384. The van der Waals surface area contributed by atoms with E-state index in [-0.39, 0.29) is 5.69 Å². The summed E-state index contributed by atoms with van der Waals surface area (Å²) in [6.07, 6.45) is 4.30. The van der Waals surface area contributed by atoms with Crippen molar-refractivity contribution in [3.8, 4) is 0 Å². The Hall–Kier alpha value is -2.63. The molecule has 1 N–H and O–H groups in total. The quantitative estimate of drug-likeness (QED) is 0.509. The Kier molecular flexibility index (Phi) is 3.09. The van der Waals surface area contributed by atoms with Crippen molar-refractivity contribution in [2.24, 2.45) is 0 Å². The van der Waals surface area contributed by atoms with Crippen LogP contribution in [-0.4, -0.2) is 20.6 Å². The zero-order valence-corrected chi connectivity index (χ0v) is 9.31. The Morgan fingerprint density at radius 2 is 2.22 bits per heavy atom. The minimum atomic E-state index is -1.02. The highest BCUT2D eigenvalue weighted by atomic mass is 16.6. The van der Waals surface area contributed by atoms with Gasteiger partial charge in [0.1, 0.15) is 0 Å². The van der Waals surface area contributed by atoms with Crippen LogP contribution >= 0.6 is 0 Å². The molecule has 0 unspecified atom stereocenters. The molecule has 0 amide bonds. The first-order valence-corrected chi connectivity index (χ1v) is 5.20. The van der Waals surface area contributed by atoms with Gasteiger partial charge in [0.2, 0.25) is 0 Å². The number of nitrogens with zero attached hydrogens (tertiary/aromatic N) is 2. The fourth-order valence-corrected chi connectivity index (χ4v) is 1.71. The monoisotopic (exact) mass is 246 g/mol. The third-order valence-electron chi connectivity index (χ3n) is 2.53. The molecular formula is C12H10N2O4. The summed E-state index contributed by atoms with van der Waals surface area (Å²) < 4.78 is 1.75. The molecular weight excluding hydrogens is 236 g/mol. The Labute approximate surface area is 102 Å². The van der Waals surface area contributed by atoms with Crippen LogP contribution in [0.4, 0.5) is 5.69 Å². The molecule has 6 heteroatoms. The number of allylic oxidation sites excluding steroid dienone is 1. The second-order valence-electron chi connectivity index (χ2n) is 3.71. The molecule has 0 fully saturated rings. The summed E-state index contributed by atoms with van der Waals surface area (Å²) in [4.78, 5) is 20.6. The van der Waals surface area contributed by atoms with E-state index in [1.54, 1.807) is 16.8 Å². The summed E-state index contributed by atoms with van der Waals surface area (Å²) in [5, 5.41) is 20.1. The maximum atomic E-state index is 10.7. The van der Waals surface area contributed by atoms with Crippen molar-refractivity contribution in [3.05, 3.63) is 52.7 Å². The topological polar surface area (TPSA) is 85.4 Å². The van der Waals surface area contributed by atoms with Crippen LogP contribution in [0, 0.1) is 10.1 Å². The fourth-order valence-electron chi connectivity index (χ4n) is 1.71. The third kappa shape index (κ3) is 2.37. The first-order valence-electron chi connectivity index (χ1n) is 5.20. The van der Waals surface area contributed by atoms with E-state index in [2.05, 4.69) is 0 Å². The number of fused-ring (bicyclic) bond motifs is 1. The summed E-state index contributed by atoms with van der Waals surface area (Å²) in [5.74, 6) is -1.02. The molecule has 2 aromatic rings. The lowest BCUT2D eigenvalue weighted by atomic mass is 10.2. The lowest BCUT2D eigenvalue weighted by Crippen LogP contribution is -1.95. The second-order valence-corrected chi connectivity index (χ2v) is 3.71. The van der Waals surface area contributed by atoms with Gasteiger partial charge in [-0.2, -0.15) is 0 Å². The average Bonchev–Trinajstić information content (AvgIpc) is 2.71. The van der Waals surface area contributed by atoms with Crippen LogP contribution in [0.15, 0.2) is 42.6 Å². The molecule has 0 saturated carbocycles. The van der Waals surface area contributed by atoms with Gasteiger partial charge in [-0.15, -0.1) is 0 Å². The molecule has 92 valence electrons. The minimum absolute atomic E-state index is 0.0182. The molecule has 0 aliphatic heterocycles. The van der Waals surface area contributed by atoms with E-state index in [0.29, 0.717) is 12.1 Å². The molecule has 1 aromatic carbocycles. The van der Waals surface area contributed by atoms with E-state index in [9.17, 15) is 14.9 Å². The minimum Gasteiger partial charge on any atom is -0.478 e. The van der Waals surface area contributed by atoms with Crippen LogP contribution < -0.4 is 0 Å². The molecule has 2 rings (SSSR count). The number of carbonyl (C=O) groups is 1. The molecule has 0 saturated heterocycles.